The van der Waals surface area contributed by atoms with Crippen LogP contribution in [-0.2, 0) is 5.41 Å². The Kier molecular flexibility index (Phi) is 6.53. The molecule has 1 N–H and O–H groups in total. The fourth-order valence-corrected chi connectivity index (χ4v) is 4.51. The molecular weight excluding hydrogens is 432 g/mol. The summed E-state index contributed by atoms with van der Waals surface area (Å²) in [4.78, 5) is 12.8. The van der Waals surface area contributed by atoms with E-state index in [4.69, 9.17) is 0 Å². The molecule has 0 radical (unpaired) electrons. The second-order valence-electron chi connectivity index (χ2n) is 10.2. The van der Waals surface area contributed by atoms with Crippen molar-refractivity contribution in [3.63, 3.8) is 0 Å². The Morgan fingerprint density at radius 1 is 0.800 bits per heavy atom. The summed E-state index contributed by atoms with van der Waals surface area (Å²) >= 11 is 0. The van der Waals surface area contributed by atoms with Crippen molar-refractivity contribution in [2.45, 2.75) is 53.9 Å². The van der Waals surface area contributed by atoms with Crippen molar-refractivity contribution >= 4 is 12.1 Å². The summed E-state index contributed by atoms with van der Waals surface area (Å²) in [5.41, 5.74) is 12.2. The molecule has 4 rings (SSSR count). The van der Waals surface area contributed by atoms with Gasteiger partial charge in [0.2, 0.25) is 0 Å². The lowest BCUT2D eigenvalue weighted by atomic mass is 9.87. The van der Waals surface area contributed by atoms with E-state index >= 15 is 0 Å². The van der Waals surface area contributed by atoms with Gasteiger partial charge >= 0.3 is 0 Å². The maximum absolute atomic E-state index is 12.8. The Morgan fingerprint density at radius 2 is 1.46 bits per heavy atom. The Bertz CT molecular complexity index is 1380. The topological polar surface area (TPSA) is 51.3 Å². The lowest BCUT2D eigenvalue weighted by Crippen LogP contribution is -2.18. The lowest BCUT2D eigenvalue weighted by Gasteiger charge is -2.20. The van der Waals surface area contributed by atoms with Crippen LogP contribution in [0.2, 0.25) is 0 Å². The first-order valence-corrected chi connectivity index (χ1v) is 11.9. The molecule has 0 spiro atoms. The molecule has 0 bridgehead atoms. The number of nitrogens with one attached hydrogen (secondary N) is 1. The number of hydrazone groups is 1. The zero-order valence-corrected chi connectivity index (χ0v) is 21.7. The second kappa shape index (κ2) is 9.41. The summed E-state index contributed by atoms with van der Waals surface area (Å²) < 4.78 is 4.34. The van der Waals surface area contributed by atoms with Crippen LogP contribution in [-0.4, -0.2) is 21.3 Å². The Morgan fingerprint density at radius 3 is 2.09 bits per heavy atom. The highest BCUT2D eigenvalue weighted by molar-refractivity contribution is 5.95. The van der Waals surface area contributed by atoms with E-state index in [0.29, 0.717) is 5.56 Å². The van der Waals surface area contributed by atoms with Crippen LogP contribution in [0.5, 0.6) is 0 Å². The predicted octanol–water partition coefficient (Wildman–Crippen LogP) is 6.56. The van der Waals surface area contributed by atoms with E-state index in [-0.39, 0.29) is 11.3 Å². The number of hydrogen-bond donors (Lipinski definition) is 1. The number of rotatable bonds is 5. The first-order chi connectivity index (χ1) is 16.6. The van der Waals surface area contributed by atoms with Gasteiger partial charge in [0.25, 0.3) is 5.91 Å². The number of benzene rings is 2. The summed E-state index contributed by atoms with van der Waals surface area (Å²) in [5.74, 6) is -0.239. The van der Waals surface area contributed by atoms with Gasteiger partial charge in [-0.1, -0.05) is 39.0 Å². The molecular formula is C30H34N4O. The number of carbonyl (C=O) groups is 1. The number of amides is 1. The molecule has 2 heterocycles. The van der Waals surface area contributed by atoms with Crippen LogP contribution in [0.25, 0.3) is 11.4 Å². The number of aromatic nitrogens is 2. The Labute approximate surface area is 208 Å². The molecule has 0 aliphatic rings. The quantitative estimate of drug-likeness (QED) is 0.263. The minimum atomic E-state index is -0.239. The van der Waals surface area contributed by atoms with Crippen molar-refractivity contribution in [2.75, 3.05) is 0 Å². The number of hydrogen-bond acceptors (Lipinski definition) is 2. The van der Waals surface area contributed by atoms with Crippen LogP contribution in [0.15, 0.2) is 71.8 Å². The van der Waals surface area contributed by atoms with Crippen molar-refractivity contribution < 1.29 is 4.79 Å². The van der Waals surface area contributed by atoms with E-state index in [1.54, 1.807) is 12.3 Å². The number of nitrogens with zero attached hydrogens (tertiary/aromatic N) is 3. The molecule has 5 heteroatoms. The van der Waals surface area contributed by atoms with Gasteiger partial charge in [-0.15, -0.1) is 0 Å². The highest BCUT2D eigenvalue weighted by Gasteiger charge is 2.15. The zero-order chi connectivity index (χ0) is 25.3. The van der Waals surface area contributed by atoms with Gasteiger partial charge in [0.05, 0.1) is 6.21 Å². The van der Waals surface area contributed by atoms with Crippen LogP contribution in [0, 0.1) is 27.7 Å². The largest absolute Gasteiger partial charge is 0.318 e. The molecule has 0 saturated heterocycles. The molecule has 180 valence electrons. The molecule has 5 nitrogen and oxygen atoms in total. The summed E-state index contributed by atoms with van der Waals surface area (Å²) in [7, 11) is 0. The van der Waals surface area contributed by atoms with Crippen LogP contribution >= 0.6 is 0 Å². The van der Waals surface area contributed by atoms with Gasteiger partial charge in [-0.25, -0.2) is 5.43 Å². The standard InChI is InChI=1S/C30H34N4O/c1-20-11-12-21(2)33(20)28-10-8-9-24(18-28)29(35)32-31-19-25-17-22(3)34(23(25)4)27-15-13-26(14-16-27)30(5,6)7/h8-19H,1-7H3,(H,32,35)/b31-19-. The van der Waals surface area contributed by atoms with E-state index in [0.717, 1.165) is 39.7 Å². The summed E-state index contributed by atoms with van der Waals surface area (Å²) in [6.45, 7) is 14.9. The summed E-state index contributed by atoms with van der Waals surface area (Å²) in [6.07, 6.45) is 1.71. The van der Waals surface area contributed by atoms with Gasteiger partial charge in [-0.2, -0.15) is 5.10 Å². The van der Waals surface area contributed by atoms with Gasteiger partial charge in [0.15, 0.2) is 0 Å². The fourth-order valence-electron chi connectivity index (χ4n) is 4.51. The molecule has 0 saturated carbocycles. The van der Waals surface area contributed by atoms with E-state index < -0.39 is 0 Å². The van der Waals surface area contributed by atoms with E-state index in [2.05, 4.69) is 111 Å². The van der Waals surface area contributed by atoms with Crippen LogP contribution in [0.4, 0.5) is 0 Å². The lowest BCUT2D eigenvalue weighted by molar-refractivity contribution is 0.0955. The molecule has 0 fully saturated rings. The SMILES string of the molecule is Cc1ccc(C)n1-c1cccc(C(=O)N/N=C\c2cc(C)n(-c3ccc(C(C)(C)C)cc3)c2C)c1. The first-order valence-electron chi connectivity index (χ1n) is 11.9. The normalized spacial score (nSPS) is 11.9. The molecule has 35 heavy (non-hydrogen) atoms. The van der Waals surface area contributed by atoms with Gasteiger partial charge < -0.3 is 9.13 Å². The van der Waals surface area contributed by atoms with Gasteiger partial charge in [-0.3, -0.25) is 4.79 Å². The third kappa shape index (κ3) is 4.99. The molecule has 0 aliphatic carbocycles. The van der Waals surface area contributed by atoms with E-state index in [9.17, 15) is 4.79 Å². The van der Waals surface area contributed by atoms with Crippen molar-refractivity contribution in [3.05, 3.63) is 106 Å². The number of aryl methyl sites for hydroxylation is 3. The third-order valence-corrected chi connectivity index (χ3v) is 6.47. The smallest absolute Gasteiger partial charge is 0.271 e. The molecule has 2 aromatic carbocycles. The fraction of sp³-hybridized carbons (Fsp3) is 0.267. The number of carbonyl (C=O) groups excluding carboxylic acids is 1. The first kappa shape index (κ1) is 24.3. The highest BCUT2D eigenvalue weighted by atomic mass is 16.2. The zero-order valence-electron chi connectivity index (χ0n) is 21.7. The molecule has 1 amide bonds. The van der Waals surface area contributed by atoms with Gasteiger partial charge in [0, 0.05) is 45.3 Å². The van der Waals surface area contributed by atoms with Crippen LogP contribution in [0.1, 0.15) is 65.0 Å². The highest BCUT2D eigenvalue weighted by Crippen LogP contribution is 2.25. The maximum Gasteiger partial charge on any atom is 0.271 e. The second-order valence-corrected chi connectivity index (χ2v) is 10.2. The molecule has 4 aromatic rings. The Balaban J connectivity index is 1.51. The van der Waals surface area contributed by atoms with Crippen molar-refractivity contribution in [1.82, 2.24) is 14.6 Å². The summed E-state index contributed by atoms with van der Waals surface area (Å²) in [6, 6.07) is 22.5. The molecule has 0 unspecified atom stereocenters. The van der Waals surface area contributed by atoms with Crippen LogP contribution in [0.3, 0.4) is 0 Å². The van der Waals surface area contributed by atoms with Crippen molar-refractivity contribution in [1.29, 1.82) is 0 Å². The Hall–Kier alpha value is -3.86. The average Bonchev–Trinajstić information content (AvgIpc) is 3.30. The predicted molar refractivity (Wildman–Crippen MR) is 144 cm³/mol. The monoisotopic (exact) mass is 466 g/mol. The minimum absolute atomic E-state index is 0.119. The van der Waals surface area contributed by atoms with Crippen molar-refractivity contribution in [2.24, 2.45) is 5.10 Å². The summed E-state index contributed by atoms with van der Waals surface area (Å²) in [5, 5.41) is 4.26. The third-order valence-electron chi connectivity index (χ3n) is 6.47. The average molecular weight is 467 g/mol. The maximum atomic E-state index is 12.8. The molecule has 0 atom stereocenters. The van der Waals surface area contributed by atoms with Crippen LogP contribution < -0.4 is 5.43 Å². The molecule has 2 aromatic heterocycles. The minimum Gasteiger partial charge on any atom is -0.318 e. The van der Waals surface area contributed by atoms with Crippen molar-refractivity contribution in [3.8, 4) is 11.4 Å². The van der Waals surface area contributed by atoms with Gasteiger partial charge in [0.1, 0.15) is 0 Å². The van der Waals surface area contributed by atoms with Gasteiger partial charge in [-0.05, 0) is 87.2 Å². The van der Waals surface area contributed by atoms with E-state index in [1.165, 1.54) is 5.56 Å². The molecule has 0 aliphatic heterocycles. The van der Waals surface area contributed by atoms with E-state index in [1.807, 2.05) is 18.2 Å².